The molecule has 0 saturated heterocycles. The summed E-state index contributed by atoms with van der Waals surface area (Å²) in [5, 5.41) is 18.0. The van der Waals surface area contributed by atoms with Crippen molar-refractivity contribution < 1.29 is 0 Å². The Kier molecular flexibility index (Phi) is 3.49. The van der Waals surface area contributed by atoms with E-state index in [0.29, 0.717) is 12.5 Å². The Balaban J connectivity index is 2.43. The van der Waals surface area contributed by atoms with Crippen molar-refractivity contribution in [2.24, 2.45) is 11.7 Å². The lowest BCUT2D eigenvalue weighted by Gasteiger charge is -2.06. The largest absolute Gasteiger partial charge is 0.325 e. The van der Waals surface area contributed by atoms with Gasteiger partial charge in [0.05, 0.1) is 11.4 Å². The average Bonchev–Trinajstić information content (AvgIpc) is 2.84. The molecular weight excluding hydrogens is 236 g/mol. The van der Waals surface area contributed by atoms with Crippen molar-refractivity contribution >= 4 is 11.3 Å². The Hall–Kier alpha value is -1.34. The molecule has 6 nitrogen and oxygen atoms in total. The minimum Gasteiger partial charge on any atom is -0.325 e. The first-order chi connectivity index (χ1) is 8.11. The molecule has 0 atom stereocenters. The van der Waals surface area contributed by atoms with E-state index in [2.05, 4.69) is 34.4 Å². The molecular formula is C10H16N6S. The van der Waals surface area contributed by atoms with Gasteiger partial charge in [-0.3, -0.25) is 0 Å². The molecule has 0 aliphatic heterocycles. The van der Waals surface area contributed by atoms with Gasteiger partial charge in [-0.1, -0.05) is 30.4 Å². The van der Waals surface area contributed by atoms with Crippen LogP contribution in [0.4, 0.5) is 0 Å². The molecule has 0 fully saturated rings. The summed E-state index contributed by atoms with van der Waals surface area (Å²) in [5.74, 6) is 0.520. The second-order valence-corrected chi connectivity index (χ2v) is 5.46. The Morgan fingerprint density at radius 3 is 2.59 bits per heavy atom. The summed E-state index contributed by atoms with van der Waals surface area (Å²) in [6.07, 6.45) is 0.887. The lowest BCUT2D eigenvalue weighted by Crippen LogP contribution is -2.09. The fraction of sp³-hybridized carbons (Fsp3) is 0.600. The monoisotopic (exact) mass is 252 g/mol. The van der Waals surface area contributed by atoms with Gasteiger partial charge in [0, 0.05) is 6.54 Å². The van der Waals surface area contributed by atoms with Crippen molar-refractivity contribution in [3.05, 3.63) is 16.4 Å². The van der Waals surface area contributed by atoms with Gasteiger partial charge in [-0.25, -0.2) is 0 Å². The van der Waals surface area contributed by atoms with Crippen molar-refractivity contribution in [1.82, 2.24) is 25.2 Å². The van der Waals surface area contributed by atoms with Gasteiger partial charge >= 0.3 is 0 Å². The van der Waals surface area contributed by atoms with Crippen LogP contribution in [0, 0.1) is 12.8 Å². The summed E-state index contributed by atoms with van der Waals surface area (Å²) in [7, 11) is 0. The molecule has 17 heavy (non-hydrogen) atoms. The van der Waals surface area contributed by atoms with E-state index in [0.717, 1.165) is 27.9 Å². The second kappa shape index (κ2) is 4.89. The SMILES string of the molecule is Cc1nnc(-n2nnc(CN)c2CC(C)C)s1. The third kappa shape index (κ3) is 2.50. The normalized spacial score (nSPS) is 11.4. The van der Waals surface area contributed by atoms with Crippen LogP contribution >= 0.6 is 11.3 Å². The number of hydrogen-bond donors (Lipinski definition) is 1. The molecule has 2 aromatic heterocycles. The zero-order chi connectivity index (χ0) is 12.4. The van der Waals surface area contributed by atoms with E-state index in [1.807, 2.05) is 6.92 Å². The van der Waals surface area contributed by atoms with Crippen LogP contribution in [-0.2, 0) is 13.0 Å². The standard InChI is InChI=1S/C10H16N6S/c1-6(2)4-9-8(5-11)13-15-16(9)10-14-12-7(3)17-10/h6H,4-5,11H2,1-3H3. The van der Waals surface area contributed by atoms with Crippen LogP contribution < -0.4 is 5.73 Å². The molecule has 2 rings (SSSR count). The highest BCUT2D eigenvalue weighted by Gasteiger charge is 2.16. The molecule has 0 spiro atoms. The Labute approximate surface area is 104 Å². The Morgan fingerprint density at radius 1 is 1.29 bits per heavy atom. The van der Waals surface area contributed by atoms with Gasteiger partial charge in [-0.2, -0.15) is 4.68 Å². The summed E-state index contributed by atoms with van der Waals surface area (Å²) >= 11 is 1.50. The van der Waals surface area contributed by atoms with Crippen molar-refractivity contribution in [3.8, 4) is 5.13 Å². The minimum absolute atomic E-state index is 0.403. The highest BCUT2D eigenvalue weighted by Crippen LogP contribution is 2.19. The average molecular weight is 252 g/mol. The van der Waals surface area contributed by atoms with Gasteiger partial charge in [0.25, 0.3) is 0 Å². The van der Waals surface area contributed by atoms with E-state index < -0.39 is 0 Å². The van der Waals surface area contributed by atoms with Gasteiger partial charge in [-0.05, 0) is 19.3 Å². The van der Waals surface area contributed by atoms with Gasteiger partial charge in [0.15, 0.2) is 0 Å². The number of nitrogens with two attached hydrogens (primary N) is 1. The van der Waals surface area contributed by atoms with E-state index in [4.69, 9.17) is 5.73 Å². The van der Waals surface area contributed by atoms with Crippen LogP contribution in [0.5, 0.6) is 0 Å². The van der Waals surface area contributed by atoms with Gasteiger partial charge in [0.2, 0.25) is 5.13 Å². The van der Waals surface area contributed by atoms with E-state index >= 15 is 0 Å². The number of rotatable bonds is 4. The number of hydrogen-bond acceptors (Lipinski definition) is 6. The molecule has 0 amide bonds. The van der Waals surface area contributed by atoms with Crippen LogP contribution in [0.15, 0.2) is 0 Å². The lowest BCUT2D eigenvalue weighted by atomic mass is 10.1. The smallest absolute Gasteiger partial charge is 0.234 e. The predicted octanol–water partition coefficient (Wildman–Crippen LogP) is 1.08. The van der Waals surface area contributed by atoms with E-state index in [-0.39, 0.29) is 0 Å². The van der Waals surface area contributed by atoms with Crippen molar-refractivity contribution in [1.29, 1.82) is 0 Å². The third-order valence-electron chi connectivity index (χ3n) is 2.34. The highest BCUT2D eigenvalue weighted by molar-refractivity contribution is 7.13. The molecule has 0 saturated carbocycles. The molecule has 0 aliphatic rings. The number of aryl methyl sites for hydroxylation is 1. The van der Waals surface area contributed by atoms with Crippen molar-refractivity contribution in [3.63, 3.8) is 0 Å². The van der Waals surface area contributed by atoms with Crippen LogP contribution in [0.1, 0.15) is 30.2 Å². The topological polar surface area (TPSA) is 82.5 Å². The molecule has 0 unspecified atom stereocenters. The zero-order valence-corrected chi connectivity index (χ0v) is 11.0. The number of nitrogens with zero attached hydrogens (tertiary/aromatic N) is 5. The molecule has 7 heteroatoms. The quantitative estimate of drug-likeness (QED) is 0.880. The van der Waals surface area contributed by atoms with Crippen molar-refractivity contribution in [2.75, 3.05) is 0 Å². The molecule has 0 bridgehead atoms. The maximum absolute atomic E-state index is 5.67. The third-order valence-corrected chi connectivity index (χ3v) is 3.15. The summed E-state index contributed by atoms with van der Waals surface area (Å²) in [4.78, 5) is 0. The van der Waals surface area contributed by atoms with Gasteiger partial charge in [0.1, 0.15) is 5.01 Å². The molecule has 0 aromatic carbocycles. The zero-order valence-electron chi connectivity index (χ0n) is 10.2. The maximum Gasteiger partial charge on any atom is 0.234 e. The van der Waals surface area contributed by atoms with E-state index in [9.17, 15) is 0 Å². The minimum atomic E-state index is 0.403. The fourth-order valence-electron chi connectivity index (χ4n) is 1.61. The maximum atomic E-state index is 5.67. The highest BCUT2D eigenvalue weighted by atomic mass is 32.1. The first-order valence-electron chi connectivity index (χ1n) is 5.55. The molecule has 2 N–H and O–H groups in total. The van der Waals surface area contributed by atoms with Gasteiger partial charge < -0.3 is 5.73 Å². The summed E-state index contributed by atoms with van der Waals surface area (Å²) in [6, 6.07) is 0. The van der Waals surface area contributed by atoms with Crippen molar-refractivity contribution in [2.45, 2.75) is 33.7 Å². The Bertz CT molecular complexity index is 501. The summed E-state index contributed by atoms with van der Waals surface area (Å²) in [6.45, 7) is 6.63. The predicted molar refractivity (Wildman–Crippen MR) is 66.0 cm³/mol. The molecule has 0 radical (unpaired) electrons. The van der Waals surface area contributed by atoms with Crippen LogP contribution in [-0.4, -0.2) is 25.2 Å². The van der Waals surface area contributed by atoms with Gasteiger partial charge in [-0.15, -0.1) is 15.3 Å². The molecule has 92 valence electrons. The van der Waals surface area contributed by atoms with Crippen LogP contribution in [0.25, 0.3) is 5.13 Å². The van der Waals surface area contributed by atoms with Crippen LogP contribution in [0.3, 0.4) is 0 Å². The Morgan fingerprint density at radius 2 is 2.06 bits per heavy atom. The summed E-state index contributed by atoms with van der Waals surface area (Å²) < 4.78 is 1.76. The first kappa shape index (κ1) is 12.1. The first-order valence-corrected chi connectivity index (χ1v) is 6.37. The van der Waals surface area contributed by atoms with Crippen LogP contribution in [0.2, 0.25) is 0 Å². The second-order valence-electron chi connectivity index (χ2n) is 4.30. The summed E-state index contributed by atoms with van der Waals surface area (Å²) in [5.41, 5.74) is 7.55. The number of aromatic nitrogens is 5. The fourth-order valence-corrected chi connectivity index (χ4v) is 2.27. The molecule has 2 aromatic rings. The molecule has 2 heterocycles. The molecule has 0 aliphatic carbocycles. The van der Waals surface area contributed by atoms with E-state index in [1.165, 1.54) is 11.3 Å². The van der Waals surface area contributed by atoms with E-state index in [1.54, 1.807) is 4.68 Å². The lowest BCUT2D eigenvalue weighted by molar-refractivity contribution is 0.609.